The van der Waals surface area contributed by atoms with Gasteiger partial charge in [-0.3, -0.25) is 0 Å². The van der Waals surface area contributed by atoms with Gasteiger partial charge < -0.3 is 10.6 Å². The molecule has 0 amide bonds. The van der Waals surface area contributed by atoms with Crippen molar-refractivity contribution in [3.63, 3.8) is 0 Å². The first-order valence-electron chi connectivity index (χ1n) is 7.00. The van der Waals surface area contributed by atoms with E-state index in [1.54, 1.807) is 11.3 Å². The van der Waals surface area contributed by atoms with Crippen molar-refractivity contribution >= 4 is 45.1 Å². The van der Waals surface area contributed by atoms with E-state index in [0.29, 0.717) is 12.0 Å². The van der Waals surface area contributed by atoms with Crippen LogP contribution in [-0.2, 0) is 0 Å². The Balaban J connectivity index is 2.28. The van der Waals surface area contributed by atoms with Gasteiger partial charge in [0.05, 0.1) is 5.39 Å². The number of thiophene rings is 1. The lowest BCUT2D eigenvalue weighted by Gasteiger charge is -2.15. The summed E-state index contributed by atoms with van der Waals surface area (Å²) in [5.74, 6) is 3.88. The van der Waals surface area contributed by atoms with Crippen LogP contribution >= 0.6 is 23.1 Å². The Labute approximate surface area is 128 Å². The topological polar surface area (TPSA) is 49.8 Å². The molecule has 0 radical (unpaired) electrons. The van der Waals surface area contributed by atoms with Gasteiger partial charge >= 0.3 is 0 Å². The van der Waals surface area contributed by atoms with Gasteiger partial charge in [0.2, 0.25) is 5.95 Å². The SMILES string of the molecule is CCNc1nc(NC(C)CSCC)c2cc(C)sc2n1. The number of anilines is 2. The Morgan fingerprint density at radius 1 is 1.35 bits per heavy atom. The van der Waals surface area contributed by atoms with E-state index in [1.165, 1.54) is 4.88 Å². The standard InChI is InChI=1S/C14H22N4S2/c1-5-15-14-17-12(16-9(3)8-19-6-2)11-7-10(4)20-13(11)18-14/h7,9H,5-6,8H2,1-4H3,(H2,15,16,17,18). The quantitative estimate of drug-likeness (QED) is 0.810. The maximum atomic E-state index is 4.62. The first kappa shape index (κ1) is 15.4. The molecule has 2 heterocycles. The van der Waals surface area contributed by atoms with Crippen molar-refractivity contribution in [1.29, 1.82) is 0 Å². The van der Waals surface area contributed by atoms with Gasteiger partial charge in [0.25, 0.3) is 0 Å². The molecule has 6 heteroatoms. The molecule has 2 N–H and O–H groups in total. The van der Waals surface area contributed by atoms with Crippen molar-refractivity contribution < 1.29 is 0 Å². The fourth-order valence-electron chi connectivity index (χ4n) is 1.96. The van der Waals surface area contributed by atoms with Gasteiger partial charge in [0, 0.05) is 23.2 Å². The van der Waals surface area contributed by atoms with E-state index in [4.69, 9.17) is 0 Å². The molecule has 110 valence electrons. The number of thioether (sulfide) groups is 1. The highest BCUT2D eigenvalue weighted by Gasteiger charge is 2.12. The third-order valence-corrected chi connectivity index (χ3v) is 4.89. The summed E-state index contributed by atoms with van der Waals surface area (Å²) in [6.45, 7) is 9.38. The number of hydrogen-bond donors (Lipinski definition) is 2. The van der Waals surface area contributed by atoms with Gasteiger partial charge in [-0.15, -0.1) is 11.3 Å². The summed E-state index contributed by atoms with van der Waals surface area (Å²) in [4.78, 5) is 11.5. The molecular weight excluding hydrogens is 288 g/mol. The van der Waals surface area contributed by atoms with E-state index in [1.807, 2.05) is 11.8 Å². The zero-order valence-electron chi connectivity index (χ0n) is 12.5. The molecule has 0 bridgehead atoms. The Kier molecular flexibility index (Phi) is 5.48. The molecule has 0 aromatic carbocycles. The van der Waals surface area contributed by atoms with Crippen molar-refractivity contribution in [2.75, 3.05) is 28.7 Å². The maximum absolute atomic E-state index is 4.62. The molecule has 1 unspecified atom stereocenters. The largest absolute Gasteiger partial charge is 0.366 e. The summed E-state index contributed by atoms with van der Waals surface area (Å²) in [6.07, 6.45) is 0. The minimum atomic E-state index is 0.396. The Bertz CT molecular complexity index is 568. The van der Waals surface area contributed by atoms with E-state index in [-0.39, 0.29) is 0 Å². The third-order valence-electron chi connectivity index (χ3n) is 2.81. The van der Waals surface area contributed by atoms with Crippen LogP contribution < -0.4 is 10.6 Å². The molecule has 0 saturated carbocycles. The molecule has 0 aliphatic heterocycles. The maximum Gasteiger partial charge on any atom is 0.226 e. The lowest BCUT2D eigenvalue weighted by molar-refractivity contribution is 0.903. The molecule has 2 aromatic rings. The van der Waals surface area contributed by atoms with Crippen molar-refractivity contribution in [2.24, 2.45) is 0 Å². The van der Waals surface area contributed by atoms with Crippen LogP contribution in [0.3, 0.4) is 0 Å². The van der Waals surface area contributed by atoms with Crippen molar-refractivity contribution in [1.82, 2.24) is 9.97 Å². The second kappa shape index (κ2) is 7.13. The number of fused-ring (bicyclic) bond motifs is 1. The van der Waals surface area contributed by atoms with Crippen LogP contribution in [0.5, 0.6) is 0 Å². The Hall–Kier alpha value is -1.01. The van der Waals surface area contributed by atoms with Crippen LogP contribution in [0.2, 0.25) is 0 Å². The molecule has 0 saturated heterocycles. The van der Waals surface area contributed by atoms with Crippen molar-refractivity contribution in [3.8, 4) is 0 Å². The number of aromatic nitrogens is 2. The number of rotatable bonds is 7. The van der Waals surface area contributed by atoms with Crippen LogP contribution in [0.1, 0.15) is 25.6 Å². The zero-order valence-corrected chi connectivity index (χ0v) is 14.1. The van der Waals surface area contributed by atoms with Crippen molar-refractivity contribution in [3.05, 3.63) is 10.9 Å². The summed E-state index contributed by atoms with van der Waals surface area (Å²) in [5.41, 5.74) is 0. The predicted octanol–water partition coefficient (Wildman–Crippen LogP) is 3.99. The van der Waals surface area contributed by atoms with Crippen LogP contribution in [-0.4, -0.2) is 34.1 Å². The molecule has 2 aromatic heterocycles. The smallest absolute Gasteiger partial charge is 0.226 e. The number of nitrogens with zero attached hydrogens (tertiary/aromatic N) is 2. The molecule has 4 nitrogen and oxygen atoms in total. The fourth-order valence-corrected chi connectivity index (χ4v) is 3.51. The fraction of sp³-hybridized carbons (Fsp3) is 0.571. The number of hydrogen-bond acceptors (Lipinski definition) is 6. The Morgan fingerprint density at radius 3 is 2.85 bits per heavy atom. The molecule has 0 fully saturated rings. The normalized spacial score (nSPS) is 12.6. The van der Waals surface area contributed by atoms with Crippen LogP contribution in [0.15, 0.2) is 6.07 Å². The summed E-state index contributed by atoms with van der Waals surface area (Å²) in [5, 5.41) is 7.86. The lowest BCUT2D eigenvalue weighted by atomic mass is 10.3. The van der Waals surface area contributed by atoms with Crippen molar-refractivity contribution in [2.45, 2.75) is 33.7 Å². The first-order valence-corrected chi connectivity index (χ1v) is 8.97. The van der Waals surface area contributed by atoms with Gasteiger partial charge in [-0.1, -0.05) is 6.92 Å². The molecule has 0 aliphatic carbocycles. The van der Waals surface area contributed by atoms with E-state index < -0.39 is 0 Å². The van der Waals surface area contributed by atoms with Gasteiger partial charge in [0.1, 0.15) is 10.6 Å². The van der Waals surface area contributed by atoms with Gasteiger partial charge in [-0.2, -0.15) is 16.7 Å². The van der Waals surface area contributed by atoms with E-state index >= 15 is 0 Å². The van der Waals surface area contributed by atoms with E-state index in [9.17, 15) is 0 Å². The molecule has 0 aliphatic rings. The predicted molar refractivity (Wildman–Crippen MR) is 92.4 cm³/mol. The minimum Gasteiger partial charge on any atom is -0.366 e. The van der Waals surface area contributed by atoms with Crippen LogP contribution in [0.4, 0.5) is 11.8 Å². The summed E-state index contributed by atoms with van der Waals surface area (Å²) < 4.78 is 0. The highest BCUT2D eigenvalue weighted by atomic mass is 32.2. The summed E-state index contributed by atoms with van der Waals surface area (Å²) in [7, 11) is 0. The molecule has 0 spiro atoms. The third kappa shape index (κ3) is 3.76. The van der Waals surface area contributed by atoms with Crippen LogP contribution in [0.25, 0.3) is 10.2 Å². The lowest BCUT2D eigenvalue weighted by Crippen LogP contribution is -2.19. The van der Waals surface area contributed by atoms with Gasteiger partial charge in [0.15, 0.2) is 0 Å². The molecule has 1 atom stereocenters. The first-order chi connectivity index (χ1) is 9.63. The molecule has 2 rings (SSSR count). The molecule has 20 heavy (non-hydrogen) atoms. The zero-order chi connectivity index (χ0) is 14.5. The summed E-state index contributed by atoms with van der Waals surface area (Å²) >= 11 is 3.66. The average molecular weight is 310 g/mol. The van der Waals surface area contributed by atoms with E-state index in [0.717, 1.165) is 34.1 Å². The van der Waals surface area contributed by atoms with Crippen LogP contribution in [0, 0.1) is 6.92 Å². The highest BCUT2D eigenvalue weighted by Crippen LogP contribution is 2.30. The number of aryl methyl sites for hydroxylation is 1. The Morgan fingerprint density at radius 2 is 2.15 bits per heavy atom. The second-order valence-electron chi connectivity index (χ2n) is 4.71. The average Bonchev–Trinajstić information content (AvgIpc) is 2.77. The summed E-state index contributed by atoms with van der Waals surface area (Å²) in [6, 6.07) is 2.56. The second-order valence-corrected chi connectivity index (χ2v) is 7.26. The van der Waals surface area contributed by atoms with E-state index in [2.05, 4.69) is 54.4 Å². The molecular formula is C14H22N4S2. The van der Waals surface area contributed by atoms with Gasteiger partial charge in [-0.25, -0.2) is 4.98 Å². The monoisotopic (exact) mass is 310 g/mol. The number of nitrogens with one attached hydrogen (secondary N) is 2. The minimum absolute atomic E-state index is 0.396. The highest BCUT2D eigenvalue weighted by molar-refractivity contribution is 7.99. The van der Waals surface area contributed by atoms with Gasteiger partial charge in [-0.05, 0) is 32.6 Å².